The lowest BCUT2D eigenvalue weighted by Gasteiger charge is -2.36. The first-order valence-electron chi connectivity index (χ1n) is 12.4. The minimum Gasteiger partial charge on any atom is -0.492 e. The molecule has 0 amide bonds. The fourth-order valence-corrected chi connectivity index (χ4v) is 6.35. The van der Waals surface area contributed by atoms with Crippen LogP contribution in [0.3, 0.4) is 0 Å². The molecule has 0 radical (unpaired) electrons. The van der Waals surface area contributed by atoms with Gasteiger partial charge >= 0.3 is 0 Å². The Bertz CT molecular complexity index is 549. The maximum Gasteiger partial charge on any atom is 0.157 e. The zero-order valence-corrected chi connectivity index (χ0v) is 20.8. The number of ether oxygens (including phenoxy) is 1. The highest BCUT2D eigenvalue weighted by Gasteiger charge is 2.33. The molecule has 3 heteroatoms. The molecule has 3 rings (SSSR count). The lowest BCUT2D eigenvalue weighted by Crippen LogP contribution is -2.27. The summed E-state index contributed by atoms with van der Waals surface area (Å²) in [6, 6.07) is 0. The van der Waals surface area contributed by atoms with Crippen LogP contribution >= 0.6 is 22.6 Å². The fourth-order valence-electron chi connectivity index (χ4n) is 5.63. The number of hydrogen-bond donors (Lipinski definition) is 0. The van der Waals surface area contributed by atoms with Crippen molar-refractivity contribution in [2.24, 2.45) is 17.8 Å². The lowest BCUT2D eigenvalue weighted by molar-refractivity contribution is 0.0649. The van der Waals surface area contributed by atoms with Crippen LogP contribution in [0.25, 0.3) is 0 Å². The van der Waals surface area contributed by atoms with Crippen molar-refractivity contribution in [2.45, 2.75) is 120 Å². The van der Waals surface area contributed by atoms with Crippen molar-refractivity contribution >= 4 is 22.6 Å². The van der Waals surface area contributed by atoms with Gasteiger partial charge in [-0.2, -0.15) is 0 Å². The molecule has 4 atom stereocenters. The van der Waals surface area contributed by atoms with Crippen molar-refractivity contribution in [3.8, 4) is 0 Å². The van der Waals surface area contributed by atoms with E-state index in [1.165, 1.54) is 70.6 Å². The topological polar surface area (TPSA) is 9.23 Å². The molecular formula is C26H42FIO. The number of rotatable bonds is 9. The van der Waals surface area contributed by atoms with Crippen molar-refractivity contribution in [3.63, 3.8) is 0 Å². The predicted octanol–water partition coefficient (Wildman–Crippen LogP) is 8.71. The minimum atomic E-state index is -0.892. The van der Waals surface area contributed by atoms with Gasteiger partial charge in [0.1, 0.15) is 5.76 Å². The zero-order valence-electron chi connectivity index (χ0n) is 18.7. The van der Waals surface area contributed by atoms with E-state index in [2.05, 4.69) is 48.6 Å². The molecule has 1 fully saturated rings. The molecule has 0 bridgehead atoms. The monoisotopic (exact) mass is 516 g/mol. The summed E-state index contributed by atoms with van der Waals surface area (Å²) in [5, 5.41) is 0. The number of alkyl halides is 2. The van der Waals surface area contributed by atoms with Crippen LogP contribution in [-0.2, 0) is 4.74 Å². The molecule has 3 aliphatic rings. The highest BCUT2D eigenvalue weighted by atomic mass is 127. The number of allylic oxidation sites excluding steroid dienone is 4. The van der Waals surface area contributed by atoms with Crippen molar-refractivity contribution in [1.29, 1.82) is 0 Å². The minimum absolute atomic E-state index is 0.144. The van der Waals surface area contributed by atoms with Crippen LogP contribution in [0.15, 0.2) is 23.5 Å². The molecule has 0 aliphatic heterocycles. The molecule has 0 saturated heterocycles. The molecule has 3 aliphatic carbocycles. The molecule has 29 heavy (non-hydrogen) atoms. The fraction of sp³-hybridized carbons (Fsp3) is 0.846. The normalized spacial score (nSPS) is 34.3. The second-order valence-corrected chi connectivity index (χ2v) is 11.6. The summed E-state index contributed by atoms with van der Waals surface area (Å²) >= 11 is 2.62. The first-order valence-corrected chi connectivity index (χ1v) is 13.6. The number of halogens is 2. The highest BCUT2D eigenvalue weighted by Crippen LogP contribution is 2.42. The van der Waals surface area contributed by atoms with Crippen molar-refractivity contribution < 1.29 is 9.13 Å². The summed E-state index contributed by atoms with van der Waals surface area (Å²) in [5.41, 5.74) is 1.73. The second kappa shape index (κ2) is 12.1. The molecule has 0 spiro atoms. The van der Waals surface area contributed by atoms with Gasteiger partial charge in [0.25, 0.3) is 0 Å². The van der Waals surface area contributed by atoms with E-state index in [0.29, 0.717) is 24.0 Å². The summed E-state index contributed by atoms with van der Waals surface area (Å²) in [6.07, 6.45) is 20.9. The summed E-state index contributed by atoms with van der Waals surface area (Å²) in [4.78, 5) is 0. The van der Waals surface area contributed by atoms with Gasteiger partial charge in [-0.3, -0.25) is 0 Å². The van der Waals surface area contributed by atoms with Gasteiger partial charge in [0.05, 0.1) is 6.10 Å². The van der Waals surface area contributed by atoms with E-state index in [1.54, 1.807) is 5.57 Å². The molecule has 0 aromatic heterocycles. The van der Waals surface area contributed by atoms with Crippen LogP contribution in [0.4, 0.5) is 4.39 Å². The van der Waals surface area contributed by atoms with Crippen molar-refractivity contribution in [2.75, 3.05) is 0 Å². The van der Waals surface area contributed by atoms with Crippen LogP contribution in [0.1, 0.15) is 104 Å². The molecular weight excluding hydrogens is 474 g/mol. The average Bonchev–Trinajstić information content (AvgIpc) is 2.73. The van der Waals surface area contributed by atoms with Crippen LogP contribution in [0, 0.1) is 17.8 Å². The number of hydrogen-bond acceptors (Lipinski definition) is 1. The zero-order chi connectivity index (χ0) is 20.6. The van der Waals surface area contributed by atoms with Crippen LogP contribution in [0.5, 0.6) is 0 Å². The van der Waals surface area contributed by atoms with E-state index in [-0.39, 0.29) is 6.10 Å². The Hall–Kier alpha value is -0.0600. The number of unbranched alkanes of at least 4 members (excludes halogenated alkanes) is 3. The second-order valence-electron chi connectivity index (χ2n) is 9.85. The molecule has 4 unspecified atom stereocenters. The Kier molecular flexibility index (Phi) is 9.85. The van der Waals surface area contributed by atoms with Gasteiger partial charge < -0.3 is 4.74 Å². The highest BCUT2D eigenvalue weighted by molar-refractivity contribution is 14.1. The Balaban J connectivity index is 1.43. The van der Waals surface area contributed by atoms with Crippen molar-refractivity contribution in [1.82, 2.24) is 0 Å². The quantitative estimate of drug-likeness (QED) is 0.129. The molecule has 166 valence electrons. The Morgan fingerprint density at radius 1 is 1.03 bits per heavy atom. The van der Waals surface area contributed by atoms with Gasteiger partial charge in [-0.15, -0.1) is 0 Å². The average molecular weight is 517 g/mol. The van der Waals surface area contributed by atoms with E-state index >= 15 is 0 Å². The SMILES string of the molecule is CCCCCCC(C)OC1=CCC(C2CC=C(C3CCC(I)CC3)CC2)CC1F. The van der Waals surface area contributed by atoms with Crippen LogP contribution in [-0.4, -0.2) is 16.2 Å². The standard InChI is InChI=1S/C26H42FIO/c1-3-4-5-6-7-19(2)29-26-17-14-23(18-25(26)27)22-10-8-20(9-11-22)21-12-15-24(28)16-13-21/h8,17,19,21-25H,3-7,9-16,18H2,1-2H3. The summed E-state index contributed by atoms with van der Waals surface area (Å²) in [5.74, 6) is 2.65. The first-order chi connectivity index (χ1) is 14.1. The van der Waals surface area contributed by atoms with E-state index in [9.17, 15) is 4.39 Å². The van der Waals surface area contributed by atoms with Gasteiger partial charge in [-0.25, -0.2) is 4.39 Å². The maximum atomic E-state index is 14.9. The van der Waals surface area contributed by atoms with Gasteiger partial charge in [-0.05, 0) is 101 Å². The Morgan fingerprint density at radius 3 is 2.45 bits per heavy atom. The molecule has 1 saturated carbocycles. The largest absolute Gasteiger partial charge is 0.492 e. The first kappa shape index (κ1) is 23.6. The van der Waals surface area contributed by atoms with Gasteiger partial charge in [0.15, 0.2) is 6.17 Å². The smallest absolute Gasteiger partial charge is 0.157 e. The van der Waals surface area contributed by atoms with E-state index in [1.807, 2.05) is 0 Å². The summed E-state index contributed by atoms with van der Waals surface area (Å²) in [7, 11) is 0. The van der Waals surface area contributed by atoms with E-state index in [0.717, 1.165) is 22.7 Å². The summed E-state index contributed by atoms with van der Waals surface area (Å²) < 4.78 is 21.7. The van der Waals surface area contributed by atoms with Crippen LogP contribution in [0.2, 0.25) is 0 Å². The molecule has 0 N–H and O–H groups in total. The molecule has 0 aromatic carbocycles. The third-order valence-corrected chi connectivity index (χ3v) is 8.82. The molecule has 0 heterocycles. The maximum absolute atomic E-state index is 14.9. The van der Waals surface area contributed by atoms with Crippen LogP contribution < -0.4 is 0 Å². The lowest BCUT2D eigenvalue weighted by atomic mass is 9.72. The molecule has 0 aromatic rings. The van der Waals surface area contributed by atoms with Gasteiger partial charge in [0, 0.05) is 3.92 Å². The van der Waals surface area contributed by atoms with Crippen molar-refractivity contribution in [3.05, 3.63) is 23.5 Å². The Labute approximate surface area is 192 Å². The molecule has 1 nitrogen and oxygen atoms in total. The predicted molar refractivity (Wildman–Crippen MR) is 130 cm³/mol. The van der Waals surface area contributed by atoms with Gasteiger partial charge in [0.2, 0.25) is 0 Å². The van der Waals surface area contributed by atoms with Gasteiger partial charge in [-0.1, -0.05) is 60.4 Å². The summed E-state index contributed by atoms with van der Waals surface area (Å²) in [6.45, 7) is 4.33. The van der Waals surface area contributed by atoms with E-state index < -0.39 is 6.17 Å². The Morgan fingerprint density at radius 2 is 1.79 bits per heavy atom. The van der Waals surface area contributed by atoms with E-state index in [4.69, 9.17) is 4.74 Å². The third kappa shape index (κ3) is 7.25. The third-order valence-electron chi connectivity index (χ3n) is 7.58.